The van der Waals surface area contributed by atoms with E-state index in [1.807, 2.05) is 6.92 Å². The lowest BCUT2D eigenvalue weighted by atomic mass is 10.1. The highest BCUT2D eigenvalue weighted by molar-refractivity contribution is 5.90. The molecular weight excluding hydrogens is 197 g/mol. The number of carbonyl (C=O) groups excluding carboxylic acids is 1. The molecule has 15 heavy (non-hydrogen) atoms. The van der Waals surface area contributed by atoms with Crippen LogP contribution in [-0.2, 0) is 4.79 Å². The van der Waals surface area contributed by atoms with Gasteiger partial charge in [0.2, 0.25) is 5.91 Å². The van der Waals surface area contributed by atoms with E-state index in [1.165, 1.54) is 12.1 Å². The molecule has 0 aliphatic heterocycles. The van der Waals surface area contributed by atoms with Gasteiger partial charge in [0.15, 0.2) is 0 Å². The summed E-state index contributed by atoms with van der Waals surface area (Å²) >= 11 is 0. The van der Waals surface area contributed by atoms with Crippen molar-refractivity contribution in [2.45, 2.75) is 25.8 Å². The van der Waals surface area contributed by atoms with Crippen molar-refractivity contribution in [3.05, 3.63) is 24.1 Å². The molecule has 1 heterocycles. The quantitative estimate of drug-likeness (QED) is 0.788. The third-order valence-electron chi connectivity index (χ3n) is 1.97. The molecule has 1 rings (SSSR count). The van der Waals surface area contributed by atoms with Crippen LogP contribution in [0.4, 0.5) is 10.2 Å². The van der Waals surface area contributed by atoms with Crippen molar-refractivity contribution >= 4 is 11.7 Å². The number of carbonyl (C=O) groups is 1. The van der Waals surface area contributed by atoms with Crippen molar-refractivity contribution in [2.75, 3.05) is 5.32 Å². The van der Waals surface area contributed by atoms with E-state index >= 15 is 0 Å². The molecule has 0 spiro atoms. The Hall–Kier alpha value is -1.49. The van der Waals surface area contributed by atoms with Crippen LogP contribution in [0.5, 0.6) is 0 Å². The van der Waals surface area contributed by atoms with E-state index in [-0.39, 0.29) is 18.4 Å². The number of nitrogens with one attached hydrogen (secondary N) is 1. The molecule has 1 aromatic heterocycles. The number of amides is 1. The van der Waals surface area contributed by atoms with Crippen molar-refractivity contribution in [1.29, 1.82) is 0 Å². The summed E-state index contributed by atoms with van der Waals surface area (Å²) in [6, 6.07) is 2.50. The Morgan fingerprint density at radius 1 is 1.67 bits per heavy atom. The predicted octanol–water partition coefficient (Wildman–Crippen LogP) is 1.29. The zero-order chi connectivity index (χ0) is 11.3. The highest BCUT2D eigenvalue weighted by atomic mass is 19.1. The maximum atomic E-state index is 12.5. The SMILES string of the molecule is CCC(N)CC(=O)Nc1ccc(F)cn1. The fraction of sp³-hybridized carbons (Fsp3) is 0.400. The molecule has 3 N–H and O–H groups in total. The topological polar surface area (TPSA) is 68.0 Å². The predicted molar refractivity (Wildman–Crippen MR) is 55.7 cm³/mol. The molecule has 4 nitrogen and oxygen atoms in total. The van der Waals surface area contributed by atoms with E-state index in [2.05, 4.69) is 10.3 Å². The molecule has 1 unspecified atom stereocenters. The van der Waals surface area contributed by atoms with Gasteiger partial charge in [-0.2, -0.15) is 0 Å². The molecule has 0 saturated carbocycles. The van der Waals surface area contributed by atoms with E-state index in [1.54, 1.807) is 0 Å². The Balaban J connectivity index is 2.48. The molecule has 0 aliphatic carbocycles. The molecule has 0 radical (unpaired) electrons. The molecule has 0 bridgehead atoms. The van der Waals surface area contributed by atoms with Crippen LogP contribution in [0.25, 0.3) is 0 Å². The first-order chi connectivity index (χ1) is 7.11. The van der Waals surface area contributed by atoms with Gasteiger partial charge in [0.05, 0.1) is 6.20 Å². The number of hydrogen-bond acceptors (Lipinski definition) is 3. The number of pyridine rings is 1. The van der Waals surface area contributed by atoms with E-state index in [9.17, 15) is 9.18 Å². The zero-order valence-electron chi connectivity index (χ0n) is 8.53. The third kappa shape index (κ3) is 4.03. The molecule has 0 aromatic carbocycles. The Kier molecular flexibility index (Phi) is 4.17. The van der Waals surface area contributed by atoms with Crippen LogP contribution < -0.4 is 11.1 Å². The highest BCUT2D eigenvalue weighted by Crippen LogP contribution is 2.04. The summed E-state index contributed by atoms with van der Waals surface area (Å²) in [5.74, 6) is -0.300. The van der Waals surface area contributed by atoms with Gasteiger partial charge in [0.25, 0.3) is 0 Å². The summed E-state index contributed by atoms with van der Waals surface area (Å²) in [7, 11) is 0. The Morgan fingerprint density at radius 2 is 2.40 bits per heavy atom. The van der Waals surface area contributed by atoms with Crippen LogP contribution in [-0.4, -0.2) is 16.9 Å². The molecular formula is C10H14FN3O. The van der Waals surface area contributed by atoms with Gasteiger partial charge in [-0.25, -0.2) is 9.37 Å². The van der Waals surface area contributed by atoms with Crippen molar-refractivity contribution < 1.29 is 9.18 Å². The molecule has 5 heteroatoms. The average Bonchev–Trinajstić information content (AvgIpc) is 2.21. The molecule has 0 saturated heterocycles. The Bertz CT molecular complexity index is 326. The summed E-state index contributed by atoms with van der Waals surface area (Å²) in [5.41, 5.74) is 5.61. The highest BCUT2D eigenvalue weighted by Gasteiger charge is 2.08. The molecule has 1 amide bonds. The molecule has 82 valence electrons. The lowest BCUT2D eigenvalue weighted by Gasteiger charge is -2.08. The first-order valence-corrected chi connectivity index (χ1v) is 4.78. The second-order valence-electron chi connectivity index (χ2n) is 3.28. The van der Waals surface area contributed by atoms with E-state index in [0.29, 0.717) is 5.82 Å². The van der Waals surface area contributed by atoms with Crippen LogP contribution in [0.2, 0.25) is 0 Å². The van der Waals surface area contributed by atoms with Gasteiger partial charge < -0.3 is 11.1 Å². The Morgan fingerprint density at radius 3 is 2.93 bits per heavy atom. The summed E-state index contributed by atoms with van der Waals surface area (Å²) in [5, 5.41) is 2.54. The molecule has 0 aliphatic rings. The Labute approximate surface area is 87.7 Å². The summed E-state index contributed by atoms with van der Waals surface area (Å²) in [6.07, 6.45) is 2.04. The third-order valence-corrected chi connectivity index (χ3v) is 1.97. The lowest BCUT2D eigenvalue weighted by Crippen LogP contribution is -2.26. The normalized spacial score (nSPS) is 12.2. The minimum Gasteiger partial charge on any atom is -0.327 e. The average molecular weight is 211 g/mol. The largest absolute Gasteiger partial charge is 0.327 e. The first-order valence-electron chi connectivity index (χ1n) is 4.78. The maximum absolute atomic E-state index is 12.5. The minimum absolute atomic E-state index is 0.148. The molecule has 1 aromatic rings. The molecule has 1 atom stereocenters. The van der Waals surface area contributed by atoms with Gasteiger partial charge in [0, 0.05) is 12.5 Å². The van der Waals surface area contributed by atoms with Crippen molar-refractivity contribution in [3.8, 4) is 0 Å². The second-order valence-corrected chi connectivity index (χ2v) is 3.28. The monoisotopic (exact) mass is 211 g/mol. The summed E-state index contributed by atoms with van der Waals surface area (Å²) < 4.78 is 12.5. The zero-order valence-corrected chi connectivity index (χ0v) is 8.53. The van der Waals surface area contributed by atoms with Crippen LogP contribution in [0.15, 0.2) is 18.3 Å². The van der Waals surface area contributed by atoms with E-state index < -0.39 is 5.82 Å². The minimum atomic E-state index is -0.432. The standard InChI is InChI=1S/C10H14FN3O/c1-2-8(12)5-10(15)14-9-4-3-7(11)6-13-9/h3-4,6,8H,2,5,12H2,1H3,(H,13,14,15). The fourth-order valence-corrected chi connectivity index (χ4v) is 1.03. The smallest absolute Gasteiger partial charge is 0.227 e. The van der Waals surface area contributed by atoms with Gasteiger partial charge in [-0.05, 0) is 18.6 Å². The first kappa shape index (κ1) is 11.6. The number of rotatable bonds is 4. The van der Waals surface area contributed by atoms with Crippen LogP contribution in [0.3, 0.4) is 0 Å². The number of halogens is 1. The van der Waals surface area contributed by atoms with Gasteiger partial charge in [-0.3, -0.25) is 4.79 Å². The number of nitrogens with zero attached hydrogens (tertiary/aromatic N) is 1. The van der Waals surface area contributed by atoms with Crippen molar-refractivity contribution in [1.82, 2.24) is 4.98 Å². The lowest BCUT2D eigenvalue weighted by molar-refractivity contribution is -0.116. The number of hydrogen-bond donors (Lipinski definition) is 2. The second kappa shape index (κ2) is 5.41. The molecule has 0 fully saturated rings. The number of aromatic nitrogens is 1. The van der Waals surface area contributed by atoms with Crippen LogP contribution in [0.1, 0.15) is 19.8 Å². The van der Waals surface area contributed by atoms with Gasteiger partial charge in [-0.1, -0.05) is 6.92 Å². The van der Waals surface area contributed by atoms with E-state index in [4.69, 9.17) is 5.73 Å². The maximum Gasteiger partial charge on any atom is 0.227 e. The number of anilines is 1. The fourth-order valence-electron chi connectivity index (χ4n) is 1.03. The van der Waals surface area contributed by atoms with Crippen molar-refractivity contribution in [2.24, 2.45) is 5.73 Å². The number of nitrogens with two attached hydrogens (primary N) is 1. The summed E-state index contributed by atoms with van der Waals surface area (Å²) in [6.45, 7) is 1.91. The van der Waals surface area contributed by atoms with E-state index in [0.717, 1.165) is 12.6 Å². The van der Waals surface area contributed by atoms with Gasteiger partial charge in [0.1, 0.15) is 11.6 Å². The van der Waals surface area contributed by atoms with Crippen molar-refractivity contribution in [3.63, 3.8) is 0 Å². The van der Waals surface area contributed by atoms with Gasteiger partial charge >= 0.3 is 0 Å². The van der Waals surface area contributed by atoms with Crippen LogP contribution >= 0.6 is 0 Å². The summed E-state index contributed by atoms with van der Waals surface area (Å²) in [4.78, 5) is 15.0. The van der Waals surface area contributed by atoms with Gasteiger partial charge in [-0.15, -0.1) is 0 Å². The van der Waals surface area contributed by atoms with Crippen LogP contribution in [0, 0.1) is 5.82 Å².